The van der Waals surface area contributed by atoms with Gasteiger partial charge in [0, 0.05) is 23.3 Å². The van der Waals surface area contributed by atoms with E-state index in [4.69, 9.17) is 0 Å². The molecule has 2 aromatic heterocycles. The molecule has 4 nitrogen and oxygen atoms in total. The Bertz CT molecular complexity index is 645. The summed E-state index contributed by atoms with van der Waals surface area (Å²) in [6.07, 6.45) is -0.0578. The van der Waals surface area contributed by atoms with Crippen LogP contribution in [0, 0.1) is 6.92 Å². The number of fused-ring (bicyclic) bond motifs is 1. The summed E-state index contributed by atoms with van der Waals surface area (Å²) in [6, 6.07) is 2.13. The molecular formula is C14H16N2O2S2. The molecule has 1 N–H and O–H groups in total. The molecular weight excluding hydrogens is 292 g/mol. The summed E-state index contributed by atoms with van der Waals surface area (Å²) in [5.41, 5.74) is 2.22. The molecule has 0 aromatic carbocycles. The van der Waals surface area contributed by atoms with Crippen LogP contribution >= 0.6 is 22.7 Å². The van der Waals surface area contributed by atoms with Gasteiger partial charge in [-0.2, -0.15) is 0 Å². The molecule has 1 unspecified atom stereocenters. The average Bonchev–Trinajstić information content (AvgIpc) is 3.02. The van der Waals surface area contributed by atoms with E-state index < -0.39 is 6.10 Å². The summed E-state index contributed by atoms with van der Waals surface area (Å²) in [7, 11) is 0. The fraction of sp³-hybridized carbons (Fsp3) is 0.429. The fourth-order valence-electron chi connectivity index (χ4n) is 2.39. The second-order valence-corrected chi connectivity index (χ2v) is 7.20. The van der Waals surface area contributed by atoms with Crippen LogP contribution in [0.3, 0.4) is 0 Å². The highest BCUT2D eigenvalue weighted by molar-refractivity contribution is 7.16. The van der Waals surface area contributed by atoms with Crippen molar-refractivity contribution in [3.8, 4) is 10.6 Å². The number of carbonyl (C=O) groups is 1. The molecule has 3 rings (SSSR count). The van der Waals surface area contributed by atoms with Crippen molar-refractivity contribution in [1.29, 1.82) is 0 Å². The van der Waals surface area contributed by atoms with Crippen molar-refractivity contribution in [2.45, 2.75) is 32.9 Å². The molecule has 6 heteroatoms. The maximum absolute atomic E-state index is 11.9. The Morgan fingerprint density at radius 3 is 3.00 bits per heavy atom. The van der Waals surface area contributed by atoms with Crippen molar-refractivity contribution in [3.63, 3.8) is 0 Å². The van der Waals surface area contributed by atoms with Crippen LogP contribution in [0.15, 0.2) is 11.4 Å². The third-order valence-corrected chi connectivity index (χ3v) is 5.44. The smallest absolute Gasteiger partial charge is 0.251 e. The van der Waals surface area contributed by atoms with Crippen LogP contribution < -0.4 is 0 Å². The number of thiophene rings is 1. The highest BCUT2D eigenvalue weighted by Crippen LogP contribution is 2.35. The number of aliphatic hydroxyl groups excluding tert-OH is 1. The fourth-order valence-corrected chi connectivity index (χ4v) is 4.20. The molecule has 0 saturated carbocycles. The first kappa shape index (κ1) is 13.7. The number of amides is 1. The van der Waals surface area contributed by atoms with Gasteiger partial charge in [0.1, 0.15) is 6.10 Å². The SMILES string of the molecule is Cc1nc(-c2cc3c(s2)CCN(C(=O)C(C)O)C3)cs1. The lowest BCUT2D eigenvalue weighted by molar-refractivity contribution is -0.140. The number of nitrogens with zero attached hydrogens (tertiary/aromatic N) is 2. The van der Waals surface area contributed by atoms with Crippen LogP contribution in [-0.2, 0) is 17.8 Å². The third kappa shape index (κ3) is 2.51. The Hall–Kier alpha value is -1.24. The first-order valence-corrected chi connectivity index (χ1v) is 8.25. The first-order valence-electron chi connectivity index (χ1n) is 6.55. The molecule has 1 amide bonds. The van der Waals surface area contributed by atoms with Crippen molar-refractivity contribution in [2.75, 3.05) is 6.54 Å². The molecule has 1 atom stereocenters. The minimum absolute atomic E-state index is 0.187. The maximum Gasteiger partial charge on any atom is 0.251 e. The average molecular weight is 308 g/mol. The number of thiazole rings is 1. The molecule has 1 aliphatic heterocycles. The summed E-state index contributed by atoms with van der Waals surface area (Å²) >= 11 is 3.42. The summed E-state index contributed by atoms with van der Waals surface area (Å²) in [4.78, 5) is 20.6. The standard InChI is InChI=1S/C14H16N2O2S2/c1-8(17)14(18)16-4-3-12-10(6-16)5-13(20-12)11-7-19-9(2)15-11/h5,7-8,17H,3-4,6H2,1-2H3. The lowest BCUT2D eigenvalue weighted by atomic mass is 10.1. The van der Waals surface area contributed by atoms with Crippen LogP contribution in [0.4, 0.5) is 0 Å². The highest BCUT2D eigenvalue weighted by Gasteiger charge is 2.25. The van der Waals surface area contributed by atoms with E-state index in [-0.39, 0.29) is 5.91 Å². The number of aromatic nitrogens is 1. The first-order chi connectivity index (χ1) is 9.54. The lowest BCUT2D eigenvalue weighted by Crippen LogP contribution is -2.40. The van der Waals surface area contributed by atoms with E-state index in [2.05, 4.69) is 16.4 Å². The molecule has 0 saturated heterocycles. The molecule has 0 bridgehead atoms. The van der Waals surface area contributed by atoms with Crippen LogP contribution in [0.1, 0.15) is 22.4 Å². The van der Waals surface area contributed by atoms with Gasteiger partial charge in [0.15, 0.2) is 0 Å². The molecule has 0 fully saturated rings. The Morgan fingerprint density at radius 2 is 2.35 bits per heavy atom. The minimum Gasteiger partial charge on any atom is -0.384 e. The predicted octanol–water partition coefficient (Wildman–Crippen LogP) is 2.45. The van der Waals surface area contributed by atoms with Crippen LogP contribution in [0.5, 0.6) is 0 Å². The molecule has 1 aliphatic rings. The monoisotopic (exact) mass is 308 g/mol. The zero-order chi connectivity index (χ0) is 14.3. The van der Waals surface area contributed by atoms with Crippen molar-refractivity contribution in [3.05, 3.63) is 26.9 Å². The van der Waals surface area contributed by atoms with E-state index in [0.29, 0.717) is 13.1 Å². The van der Waals surface area contributed by atoms with Crippen molar-refractivity contribution < 1.29 is 9.90 Å². The largest absolute Gasteiger partial charge is 0.384 e. The zero-order valence-electron chi connectivity index (χ0n) is 11.4. The molecule has 2 aromatic rings. The van der Waals surface area contributed by atoms with Crippen LogP contribution in [-0.4, -0.2) is 33.5 Å². The molecule has 0 spiro atoms. The Kier molecular flexibility index (Phi) is 3.62. The molecule has 20 heavy (non-hydrogen) atoms. The predicted molar refractivity (Wildman–Crippen MR) is 81.0 cm³/mol. The van der Waals surface area contributed by atoms with Crippen molar-refractivity contribution >= 4 is 28.6 Å². The Labute approximate surface area is 125 Å². The lowest BCUT2D eigenvalue weighted by Gasteiger charge is -2.27. The number of rotatable bonds is 2. The van der Waals surface area contributed by atoms with E-state index in [9.17, 15) is 9.90 Å². The molecule has 0 aliphatic carbocycles. The van der Waals surface area contributed by atoms with Gasteiger partial charge in [-0.25, -0.2) is 4.98 Å². The number of carbonyl (C=O) groups excluding carboxylic acids is 1. The topological polar surface area (TPSA) is 53.4 Å². The van der Waals surface area contributed by atoms with Crippen molar-refractivity contribution in [1.82, 2.24) is 9.88 Å². The van der Waals surface area contributed by atoms with Gasteiger partial charge in [0.25, 0.3) is 5.91 Å². The highest BCUT2D eigenvalue weighted by atomic mass is 32.1. The molecule has 106 valence electrons. The quantitative estimate of drug-likeness (QED) is 0.927. The third-order valence-electron chi connectivity index (χ3n) is 3.41. The number of aliphatic hydroxyl groups is 1. The van der Waals surface area contributed by atoms with E-state index >= 15 is 0 Å². The van der Waals surface area contributed by atoms with Gasteiger partial charge in [-0.3, -0.25) is 4.79 Å². The van der Waals surface area contributed by atoms with E-state index in [1.54, 1.807) is 27.6 Å². The second-order valence-electron chi connectivity index (χ2n) is 5.00. The van der Waals surface area contributed by atoms with Crippen LogP contribution in [0.2, 0.25) is 0 Å². The van der Waals surface area contributed by atoms with E-state index in [0.717, 1.165) is 17.1 Å². The van der Waals surface area contributed by atoms with Gasteiger partial charge in [-0.05, 0) is 31.9 Å². The van der Waals surface area contributed by atoms with Gasteiger partial charge >= 0.3 is 0 Å². The van der Waals surface area contributed by atoms with Gasteiger partial charge in [-0.15, -0.1) is 22.7 Å². The number of hydrogen-bond donors (Lipinski definition) is 1. The van der Waals surface area contributed by atoms with Crippen molar-refractivity contribution in [2.24, 2.45) is 0 Å². The Morgan fingerprint density at radius 1 is 1.55 bits per heavy atom. The number of hydrogen-bond acceptors (Lipinski definition) is 5. The van der Waals surface area contributed by atoms with Gasteiger partial charge in [0.05, 0.1) is 15.6 Å². The molecule has 3 heterocycles. The zero-order valence-corrected chi connectivity index (χ0v) is 13.1. The summed E-state index contributed by atoms with van der Waals surface area (Å²) in [5.74, 6) is -0.187. The van der Waals surface area contributed by atoms with Gasteiger partial charge in [0.2, 0.25) is 0 Å². The van der Waals surface area contributed by atoms with Gasteiger partial charge in [-0.1, -0.05) is 0 Å². The van der Waals surface area contributed by atoms with E-state index in [1.807, 2.05) is 6.92 Å². The normalized spacial score (nSPS) is 16.1. The molecule has 0 radical (unpaired) electrons. The van der Waals surface area contributed by atoms with E-state index in [1.165, 1.54) is 22.2 Å². The van der Waals surface area contributed by atoms with Gasteiger partial charge < -0.3 is 10.0 Å². The second kappa shape index (κ2) is 5.27. The Balaban J connectivity index is 1.84. The summed E-state index contributed by atoms with van der Waals surface area (Å²) < 4.78 is 0. The minimum atomic E-state index is -0.921. The maximum atomic E-state index is 11.9. The summed E-state index contributed by atoms with van der Waals surface area (Å²) in [6.45, 7) is 4.81. The number of aryl methyl sites for hydroxylation is 1. The van der Waals surface area contributed by atoms with Crippen LogP contribution in [0.25, 0.3) is 10.6 Å². The summed E-state index contributed by atoms with van der Waals surface area (Å²) in [5, 5.41) is 12.6.